The molecule has 0 amide bonds. The van der Waals surface area contributed by atoms with Gasteiger partial charge in [0.25, 0.3) is 0 Å². The summed E-state index contributed by atoms with van der Waals surface area (Å²) in [5.41, 5.74) is 2.25. The van der Waals surface area contributed by atoms with Gasteiger partial charge in [0.2, 0.25) is 0 Å². The molecule has 0 radical (unpaired) electrons. The Morgan fingerprint density at radius 3 is 2.86 bits per heavy atom. The highest BCUT2D eigenvalue weighted by Crippen LogP contribution is 2.11. The van der Waals surface area contributed by atoms with Crippen LogP contribution in [0.1, 0.15) is 11.3 Å². The Kier molecular flexibility index (Phi) is 4.23. The van der Waals surface area contributed by atoms with Crippen LogP contribution in [0, 0.1) is 6.92 Å². The van der Waals surface area contributed by atoms with Crippen LogP contribution in [-0.2, 0) is 6.54 Å². The maximum Gasteiger partial charge on any atom is 0.105 e. The van der Waals surface area contributed by atoms with E-state index in [0.29, 0.717) is 5.88 Å². The van der Waals surface area contributed by atoms with Crippen LogP contribution < -0.4 is 0 Å². The van der Waals surface area contributed by atoms with Gasteiger partial charge in [0.05, 0.1) is 6.26 Å². The second-order valence-electron chi connectivity index (χ2n) is 3.56. The molecule has 2 nitrogen and oxygen atoms in total. The third-order valence-corrected chi connectivity index (χ3v) is 2.47. The van der Waals surface area contributed by atoms with E-state index >= 15 is 0 Å². The predicted octanol–water partition coefficient (Wildman–Crippen LogP) is 2.81. The molecule has 0 aliphatic carbocycles. The maximum atomic E-state index is 5.66. The van der Waals surface area contributed by atoms with Gasteiger partial charge in [-0.25, -0.2) is 0 Å². The van der Waals surface area contributed by atoms with Crippen LogP contribution >= 0.6 is 11.6 Å². The highest BCUT2D eigenvalue weighted by Gasteiger charge is 2.05. The van der Waals surface area contributed by atoms with E-state index in [0.717, 1.165) is 24.4 Å². The highest BCUT2D eigenvalue weighted by molar-refractivity contribution is 6.19. The molecule has 1 aromatic rings. The minimum Gasteiger partial charge on any atom is -0.469 e. The van der Waals surface area contributed by atoms with Crippen LogP contribution in [-0.4, -0.2) is 24.4 Å². The molecule has 0 aliphatic heterocycles. The van der Waals surface area contributed by atoms with E-state index in [1.165, 1.54) is 5.56 Å². The van der Waals surface area contributed by atoms with E-state index in [4.69, 9.17) is 16.0 Å². The molecule has 14 heavy (non-hydrogen) atoms. The summed E-state index contributed by atoms with van der Waals surface area (Å²) in [5, 5.41) is 0. The molecule has 0 fully saturated rings. The van der Waals surface area contributed by atoms with Crippen molar-refractivity contribution >= 4 is 11.6 Å². The Balaban J connectivity index is 2.45. The lowest BCUT2D eigenvalue weighted by Crippen LogP contribution is -2.20. The molecule has 0 saturated carbocycles. The van der Waals surface area contributed by atoms with Crippen LogP contribution in [0.3, 0.4) is 0 Å². The molecule has 0 bridgehead atoms. The highest BCUT2D eigenvalue weighted by atomic mass is 35.5. The first-order chi connectivity index (χ1) is 6.63. The lowest BCUT2D eigenvalue weighted by molar-refractivity contribution is 0.352. The van der Waals surface area contributed by atoms with E-state index in [1.54, 1.807) is 6.26 Å². The fraction of sp³-hybridized carbons (Fsp3) is 0.455. The van der Waals surface area contributed by atoms with Gasteiger partial charge in [-0.3, -0.25) is 4.90 Å². The second kappa shape index (κ2) is 5.23. The quantitative estimate of drug-likeness (QED) is 0.553. The van der Waals surface area contributed by atoms with E-state index in [-0.39, 0.29) is 0 Å². The average Bonchev–Trinajstić information content (AvgIpc) is 2.51. The van der Waals surface area contributed by atoms with Gasteiger partial charge in [0.15, 0.2) is 0 Å². The van der Waals surface area contributed by atoms with Gasteiger partial charge in [-0.15, -0.1) is 11.6 Å². The smallest absolute Gasteiger partial charge is 0.105 e. The molecule has 1 rings (SSSR count). The lowest BCUT2D eigenvalue weighted by atomic mass is 10.2. The molecule has 0 N–H and O–H groups in total. The van der Waals surface area contributed by atoms with Crippen molar-refractivity contribution < 1.29 is 4.42 Å². The summed E-state index contributed by atoms with van der Waals surface area (Å²) in [6.45, 7) is 7.54. The van der Waals surface area contributed by atoms with Gasteiger partial charge < -0.3 is 4.42 Å². The Bertz CT molecular complexity index is 306. The Morgan fingerprint density at radius 2 is 2.36 bits per heavy atom. The van der Waals surface area contributed by atoms with Gasteiger partial charge in [-0.1, -0.05) is 6.58 Å². The van der Waals surface area contributed by atoms with Crippen molar-refractivity contribution in [2.75, 3.05) is 19.5 Å². The van der Waals surface area contributed by atoms with Crippen molar-refractivity contribution in [1.82, 2.24) is 4.90 Å². The third-order valence-electron chi connectivity index (χ3n) is 2.09. The first kappa shape index (κ1) is 11.3. The zero-order valence-corrected chi connectivity index (χ0v) is 9.47. The van der Waals surface area contributed by atoms with Crippen molar-refractivity contribution in [3.05, 3.63) is 35.8 Å². The molecule has 0 spiro atoms. The third kappa shape index (κ3) is 3.20. The predicted molar refractivity (Wildman–Crippen MR) is 59.6 cm³/mol. The molecule has 78 valence electrons. The van der Waals surface area contributed by atoms with Crippen molar-refractivity contribution in [1.29, 1.82) is 0 Å². The normalized spacial score (nSPS) is 10.9. The number of hydrogen-bond acceptors (Lipinski definition) is 2. The number of rotatable bonds is 5. The minimum absolute atomic E-state index is 0.523. The molecule has 0 unspecified atom stereocenters. The van der Waals surface area contributed by atoms with Gasteiger partial charge in [-0.2, -0.15) is 0 Å². The lowest BCUT2D eigenvalue weighted by Gasteiger charge is -2.16. The molecule has 0 atom stereocenters. The number of furan rings is 1. The number of aryl methyl sites for hydroxylation is 1. The number of halogens is 1. The summed E-state index contributed by atoms with van der Waals surface area (Å²) < 4.78 is 5.22. The second-order valence-corrected chi connectivity index (χ2v) is 3.83. The van der Waals surface area contributed by atoms with E-state index in [9.17, 15) is 0 Å². The number of likely N-dealkylation sites (N-methyl/N-ethyl adjacent to an activating group) is 1. The zero-order chi connectivity index (χ0) is 10.6. The standard InChI is InChI=1S/C11H16ClNO/c1-9(6-12)7-13(3)8-11-4-5-14-10(11)2/h4-5H,1,6-8H2,2-3H3. The number of alkyl halides is 1. The zero-order valence-electron chi connectivity index (χ0n) is 8.72. The summed E-state index contributed by atoms with van der Waals surface area (Å²) in [6, 6.07) is 2.00. The first-order valence-corrected chi connectivity index (χ1v) is 5.11. The maximum absolute atomic E-state index is 5.66. The van der Waals surface area contributed by atoms with E-state index in [1.807, 2.05) is 20.0 Å². The van der Waals surface area contributed by atoms with E-state index < -0.39 is 0 Å². The molecule has 1 heterocycles. The van der Waals surface area contributed by atoms with Crippen LogP contribution in [0.25, 0.3) is 0 Å². The summed E-state index contributed by atoms with van der Waals surface area (Å²) in [4.78, 5) is 2.17. The van der Waals surface area contributed by atoms with E-state index in [2.05, 4.69) is 11.5 Å². The monoisotopic (exact) mass is 213 g/mol. The Morgan fingerprint density at radius 1 is 1.64 bits per heavy atom. The van der Waals surface area contributed by atoms with Gasteiger partial charge in [0.1, 0.15) is 5.76 Å². The van der Waals surface area contributed by atoms with Crippen LogP contribution in [0.15, 0.2) is 28.9 Å². The van der Waals surface area contributed by atoms with Crippen molar-refractivity contribution in [2.45, 2.75) is 13.5 Å². The molecular weight excluding hydrogens is 198 g/mol. The summed E-state index contributed by atoms with van der Waals surface area (Å²) in [5.74, 6) is 1.50. The SMILES string of the molecule is C=C(CCl)CN(C)Cc1ccoc1C. The Hall–Kier alpha value is -0.730. The summed E-state index contributed by atoms with van der Waals surface area (Å²) in [7, 11) is 2.05. The Labute approximate surface area is 90.2 Å². The topological polar surface area (TPSA) is 16.4 Å². The molecule has 0 aromatic carbocycles. The summed E-state index contributed by atoms with van der Waals surface area (Å²) >= 11 is 5.66. The first-order valence-electron chi connectivity index (χ1n) is 4.57. The van der Waals surface area contributed by atoms with Crippen LogP contribution in [0.2, 0.25) is 0 Å². The number of nitrogens with zero attached hydrogens (tertiary/aromatic N) is 1. The fourth-order valence-electron chi connectivity index (χ4n) is 1.35. The fourth-order valence-corrected chi connectivity index (χ4v) is 1.43. The molecule has 0 saturated heterocycles. The van der Waals surface area contributed by atoms with Crippen molar-refractivity contribution in [3.63, 3.8) is 0 Å². The van der Waals surface area contributed by atoms with Crippen molar-refractivity contribution in [3.8, 4) is 0 Å². The van der Waals surface area contributed by atoms with Gasteiger partial charge in [0, 0.05) is 24.5 Å². The molecule has 0 aliphatic rings. The van der Waals surface area contributed by atoms with Crippen LogP contribution in [0.5, 0.6) is 0 Å². The van der Waals surface area contributed by atoms with Crippen molar-refractivity contribution in [2.24, 2.45) is 0 Å². The largest absolute Gasteiger partial charge is 0.469 e. The number of hydrogen-bond donors (Lipinski definition) is 0. The molecular formula is C11H16ClNO. The minimum atomic E-state index is 0.523. The molecule has 1 aromatic heterocycles. The van der Waals surface area contributed by atoms with Gasteiger partial charge in [-0.05, 0) is 25.6 Å². The average molecular weight is 214 g/mol. The summed E-state index contributed by atoms with van der Waals surface area (Å²) in [6.07, 6.45) is 1.72. The van der Waals surface area contributed by atoms with Gasteiger partial charge >= 0.3 is 0 Å². The van der Waals surface area contributed by atoms with Crippen LogP contribution in [0.4, 0.5) is 0 Å². The molecule has 3 heteroatoms.